The largest absolute Gasteiger partial charge is 0.479 e. The summed E-state index contributed by atoms with van der Waals surface area (Å²) in [6, 6.07) is 11.7. The third-order valence-corrected chi connectivity index (χ3v) is 3.03. The minimum absolute atomic E-state index is 0.185. The molecule has 0 aliphatic heterocycles. The van der Waals surface area contributed by atoms with Crippen molar-refractivity contribution in [1.29, 1.82) is 5.26 Å². The number of nitrogens with zero attached hydrogens (tertiary/aromatic N) is 3. The number of benzene rings is 1. The fourth-order valence-corrected chi connectivity index (χ4v) is 1.92. The molecular formula is C16H13ClN4O3. The van der Waals surface area contributed by atoms with Crippen LogP contribution in [0.5, 0.6) is 5.75 Å². The highest BCUT2D eigenvalue weighted by atomic mass is 35.5. The van der Waals surface area contributed by atoms with Gasteiger partial charge in [0.25, 0.3) is 0 Å². The Balaban J connectivity index is 2.06. The van der Waals surface area contributed by atoms with Gasteiger partial charge in [0.2, 0.25) is 0 Å². The first-order valence-electron chi connectivity index (χ1n) is 6.84. The van der Waals surface area contributed by atoms with Crippen LogP contribution in [0.15, 0.2) is 41.5 Å². The highest BCUT2D eigenvalue weighted by Gasteiger charge is 2.12. The van der Waals surface area contributed by atoms with Gasteiger partial charge in [0.05, 0.1) is 17.8 Å². The second-order valence-corrected chi connectivity index (χ2v) is 5.10. The monoisotopic (exact) mass is 344 g/mol. The van der Waals surface area contributed by atoms with Gasteiger partial charge in [0.1, 0.15) is 16.7 Å². The van der Waals surface area contributed by atoms with Crippen molar-refractivity contribution in [3.63, 3.8) is 0 Å². The number of aromatic nitrogens is 1. The Hall–Kier alpha value is -3.11. The molecule has 1 unspecified atom stereocenters. The van der Waals surface area contributed by atoms with Crippen molar-refractivity contribution in [1.82, 2.24) is 4.98 Å². The average molecular weight is 345 g/mol. The van der Waals surface area contributed by atoms with Crippen LogP contribution in [0.1, 0.15) is 18.1 Å². The second-order valence-electron chi connectivity index (χ2n) is 4.72. The van der Waals surface area contributed by atoms with Crippen molar-refractivity contribution in [2.45, 2.75) is 13.0 Å². The van der Waals surface area contributed by atoms with Gasteiger partial charge in [-0.2, -0.15) is 10.4 Å². The highest BCUT2D eigenvalue weighted by molar-refractivity contribution is 6.29. The number of pyridine rings is 1. The van der Waals surface area contributed by atoms with Crippen molar-refractivity contribution in [2.24, 2.45) is 5.10 Å². The lowest BCUT2D eigenvalue weighted by Gasteiger charge is -2.10. The number of hydrogen-bond acceptors (Lipinski definition) is 6. The van der Waals surface area contributed by atoms with Crippen LogP contribution in [0.3, 0.4) is 0 Å². The smallest absolute Gasteiger partial charge is 0.344 e. The zero-order valence-corrected chi connectivity index (χ0v) is 13.4. The molecule has 0 saturated carbocycles. The van der Waals surface area contributed by atoms with E-state index in [-0.39, 0.29) is 5.15 Å². The zero-order chi connectivity index (χ0) is 17.5. The summed E-state index contributed by atoms with van der Waals surface area (Å²) >= 11 is 5.80. The number of carbonyl (C=O) groups is 1. The number of carboxylic acids is 1. The van der Waals surface area contributed by atoms with Crippen LogP contribution in [0, 0.1) is 11.3 Å². The Labute approximate surface area is 143 Å². The van der Waals surface area contributed by atoms with Crippen LogP contribution in [0.2, 0.25) is 5.15 Å². The minimum Gasteiger partial charge on any atom is -0.479 e. The molecule has 8 heteroatoms. The number of nitriles is 1. The molecule has 122 valence electrons. The molecule has 2 rings (SSSR count). The first-order chi connectivity index (χ1) is 11.5. The molecule has 0 fully saturated rings. The molecule has 24 heavy (non-hydrogen) atoms. The number of aliphatic carboxylic acids is 1. The standard InChI is InChI=1S/C16H13ClN4O3/c1-10(16(22)23)24-13-4-2-3-11(5-13)9-19-21-15-7-12(8-18)6-14(17)20-15/h2-7,9-10H,1H3,(H,20,21)(H,22,23)/b19-9+. The quantitative estimate of drug-likeness (QED) is 0.474. The Morgan fingerprint density at radius 3 is 3.00 bits per heavy atom. The fourth-order valence-electron chi connectivity index (χ4n) is 1.71. The number of hydrogen-bond donors (Lipinski definition) is 2. The Kier molecular flexibility index (Phi) is 5.71. The van der Waals surface area contributed by atoms with E-state index in [2.05, 4.69) is 15.5 Å². The average Bonchev–Trinajstić information content (AvgIpc) is 2.54. The number of rotatable bonds is 6. The maximum Gasteiger partial charge on any atom is 0.344 e. The molecule has 0 aliphatic carbocycles. The molecule has 1 atom stereocenters. The van der Waals surface area contributed by atoms with Gasteiger partial charge in [0.15, 0.2) is 6.10 Å². The molecule has 0 spiro atoms. The Morgan fingerprint density at radius 2 is 2.29 bits per heavy atom. The first kappa shape index (κ1) is 17.2. The summed E-state index contributed by atoms with van der Waals surface area (Å²) in [5.41, 5.74) is 3.74. The van der Waals surface area contributed by atoms with Crippen LogP contribution >= 0.6 is 11.6 Å². The summed E-state index contributed by atoms with van der Waals surface area (Å²) in [5, 5.41) is 21.9. The van der Waals surface area contributed by atoms with Gasteiger partial charge in [-0.05, 0) is 30.7 Å². The van der Waals surface area contributed by atoms with Crippen LogP contribution in [0.25, 0.3) is 0 Å². The van der Waals surface area contributed by atoms with Crippen molar-refractivity contribution in [3.8, 4) is 11.8 Å². The second kappa shape index (κ2) is 7.94. The lowest BCUT2D eigenvalue weighted by atomic mass is 10.2. The summed E-state index contributed by atoms with van der Waals surface area (Å²) < 4.78 is 5.28. The number of carboxylic acid groups (broad SMARTS) is 1. The topological polar surface area (TPSA) is 108 Å². The number of anilines is 1. The maximum absolute atomic E-state index is 10.8. The molecule has 1 aromatic heterocycles. The Bertz CT molecular complexity index is 817. The molecule has 2 aromatic rings. The maximum atomic E-state index is 10.8. The van der Waals surface area contributed by atoms with E-state index in [4.69, 9.17) is 26.7 Å². The predicted molar refractivity (Wildman–Crippen MR) is 89.3 cm³/mol. The summed E-state index contributed by atoms with van der Waals surface area (Å²) in [4.78, 5) is 14.8. The van der Waals surface area contributed by atoms with E-state index in [1.165, 1.54) is 25.3 Å². The first-order valence-corrected chi connectivity index (χ1v) is 7.22. The van der Waals surface area contributed by atoms with Crippen LogP contribution < -0.4 is 10.2 Å². The van der Waals surface area contributed by atoms with Crippen molar-refractivity contribution >= 4 is 29.6 Å². The van der Waals surface area contributed by atoms with Gasteiger partial charge >= 0.3 is 5.97 Å². The predicted octanol–water partition coefficient (Wildman–Crippen LogP) is 2.90. The molecule has 0 amide bonds. The third-order valence-electron chi connectivity index (χ3n) is 2.83. The normalized spacial score (nSPS) is 11.7. The molecule has 7 nitrogen and oxygen atoms in total. The minimum atomic E-state index is -1.05. The van der Waals surface area contributed by atoms with Gasteiger partial charge in [-0.25, -0.2) is 9.78 Å². The van der Waals surface area contributed by atoms with Gasteiger partial charge in [-0.3, -0.25) is 5.43 Å². The van der Waals surface area contributed by atoms with Crippen molar-refractivity contribution in [3.05, 3.63) is 52.7 Å². The van der Waals surface area contributed by atoms with E-state index in [0.29, 0.717) is 22.7 Å². The van der Waals surface area contributed by atoms with E-state index in [9.17, 15) is 4.79 Å². The van der Waals surface area contributed by atoms with E-state index >= 15 is 0 Å². The molecule has 2 N–H and O–H groups in total. The lowest BCUT2D eigenvalue weighted by molar-refractivity contribution is -0.144. The number of hydrazone groups is 1. The van der Waals surface area contributed by atoms with E-state index < -0.39 is 12.1 Å². The lowest BCUT2D eigenvalue weighted by Crippen LogP contribution is -2.22. The van der Waals surface area contributed by atoms with E-state index in [1.807, 2.05) is 6.07 Å². The van der Waals surface area contributed by atoms with Gasteiger partial charge in [-0.1, -0.05) is 23.7 Å². The molecule has 0 bridgehead atoms. The molecule has 1 aromatic carbocycles. The molecule has 0 aliphatic rings. The summed E-state index contributed by atoms with van der Waals surface area (Å²) in [5.74, 6) is -0.292. The fraction of sp³-hybridized carbons (Fsp3) is 0.125. The third kappa shape index (κ3) is 4.97. The van der Waals surface area contributed by atoms with E-state index in [0.717, 1.165) is 0 Å². The summed E-state index contributed by atoms with van der Waals surface area (Å²) in [6.07, 6.45) is 0.558. The van der Waals surface area contributed by atoms with Crippen molar-refractivity contribution in [2.75, 3.05) is 5.43 Å². The molecule has 1 heterocycles. The molecule has 0 saturated heterocycles. The van der Waals surface area contributed by atoms with Crippen LogP contribution in [0.4, 0.5) is 5.82 Å². The van der Waals surface area contributed by atoms with Gasteiger partial charge < -0.3 is 9.84 Å². The number of ether oxygens (including phenoxy) is 1. The summed E-state index contributed by atoms with van der Waals surface area (Å²) in [7, 11) is 0. The van der Waals surface area contributed by atoms with Gasteiger partial charge in [0, 0.05) is 6.07 Å². The van der Waals surface area contributed by atoms with Crippen molar-refractivity contribution < 1.29 is 14.6 Å². The van der Waals surface area contributed by atoms with Crippen LogP contribution in [-0.2, 0) is 4.79 Å². The summed E-state index contributed by atoms with van der Waals surface area (Å²) in [6.45, 7) is 1.45. The Morgan fingerprint density at radius 1 is 1.50 bits per heavy atom. The SMILES string of the molecule is CC(Oc1cccc(/C=N/Nc2cc(C#N)cc(Cl)n2)c1)C(=O)O. The van der Waals surface area contributed by atoms with E-state index in [1.54, 1.807) is 24.3 Å². The zero-order valence-electron chi connectivity index (χ0n) is 12.6. The highest BCUT2D eigenvalue weighted by Crippen LogP contribution is 2.15. The van der Waals surface area contributed by atoms with Crippen LogP contribution in [-0.4, -0.2) is 28.4 Å². The molecule has 0 radical (unpaired) electrons. The van der Waals surface area contributed by atoms with Gasteiger partial charge in [-0.15, -0.1) is 0 Å². The number of nitrogens with one attached hydrogen (secondary N) is 1. The number of halogens is 1. The molecular weight excluding hydrogens is 332 g/mol.